The molecule has 0 saturated carbocycles. The molecule has 1 aromatic carbocycles. The summed E-state index contributed by atoms with van der Waals surface area (Å²) in [5.74, 6) is -0.372. The van der Waals surface area contributed by atoms with Crippen molar-refractivity contribution >= 4 is 11.8 Å². The van der Waals surface area contributed by atoms with E-state index in [-0.39, 0.29) is 37.4 Å². The van der Waals surface area contributed by atoms with Crippen molar-refractivity contribution in [2.24, 2.45) is 5.73 Å². The Hall–Kier alpha value is -1.80. The van der Waals surface area contributed by atoms with E-state index in [2.05, 4.69) is 17.6 Å². The molecule has 5 N–H and O–H groups in total. The first-order valence-corrected chi connectivity index (χ1v) is 12.9. The van der Waals surface area contributed by atoms with E-state index in [1.165, 1.54) is 5.56 Å². The maximum absolute atomic E-state index is 12.9. The van der Waals surface area contributed by atoms with Gasteiger partial charge in [0.25, 0.3) is 0 Å². The number of hydrogen-bond donors (Lipinski definition) is 4. The molecule has 0 saturated heterocycles. The fourth-order valence-electron chi connectivity index (χ4n) is 3.52. The van der Waals surface area contributed by atoms with E-state index in [1.807, 2.05) is 38.1 Å². The van der Waals surface area contributed by atoms with Crippen LogP contribution in [0.25, 0.3) is 0 Å². The van der Waals surface area contributed by atoms with Crippen molar-refractivity contribution in [3.8, 4) is 0 Å². The molecule has 1 rings (SSSR count). The van der Waals surface area contributed by atoms with Gasteiger partial charge in [-0.1, -0.05) is 51.0 Å². The summed E-state index contributed by atoms with van der Waals surface area (Å²) in [5, 5.41) is 15.5. The van der Waals surface area contributed by atoms with Gasteiger partial charge in [0.2, 0.25) is 0 Å². The Morgan fingerprint density at radius 3 is 2.35 bits per heavy atom. The molecular weight excluding hydrogens is 430 g/mol. The van der Waals surface area contributed by atoms with E-state index in [1.54, 1.807) is 6.92 Å². The van der Waals surface area contributed by atoms with Crippen LogP contribution in [-0.2, 0) is 27.5 Å². The summed E-state index contributed by atoms with van der Waals surface area (Å²) in [6.45, 7) is 9.98. The van der Waals surface area contributed by atoms with Crippen LogP contribution in [0, 0.1) is 0 Å². The molecule has 0 aromatic heterocycles. The SMILES string of the molecule is CCC(C)N[C@@H](CCC(=O)OCc1ccc(CNCCCCCCO)cc1)C(=O)C(C)(N)CC. The van der Waals surface area contributed by atoms with Crippen molar-refractivity contribution in [2.45, 2.75) is 110 Å². The molecule has 0 radical (unpaired) electrons. The second-order valence-corrected chi connectivity index (χ2v) is 9.49. The molecular formula is C27H47N3O4. The minimum absolute atomic E-state index is 0.0579. The van der Waals surface area contributed by atoms with E-state index in [9.17, 15) is 9.59 Å². The molecule has 3 atom stereocenters. The lowest BCUT2D eigenvalue weighted by Crippen LogP contribution is -2.55. The topological polar surface area (TPSA) is 114 Å². The van der Waals surface area contributed by atoms with Gasteiger partial charge in [0.05, 0.1) is 11.6 Å². The number of aliphatic hydroxyl groups is 1. The fourth-order valence-corrected chi connectivity index (χ4v) is 3.52. The Morgan fingerprint density at radius 1 is 1.09 bits per heavy atom. The lowest BCUT2D eigenvalue weighted by molar-refractivity contribution is -0.145. The third-order valence-corrected chi connectivity index (χ3v) is 6.36. The van der Waals surface area contributed by atoms with Gasteiger partial charge in [-0.15, -0.1) is 0 Å². The Morgan fingerprint density at radius 2 is 1.74 bits per heavy atom. The highest BCUT2D eigenvalue weighted by molar-refractivity contribution is 5.92. The molecule has 0 spiro atoms. The summed E-state index contributed by atoms with van der Waals surface area (Å²) in [7, 11) is 0. The molecule has 0 bridgehead atoms. The van der Waals surface area contributed by atoms with Crippen LogP contribution >= 0.6 is 0 Å². The van der Waals surface area contributed by atoms with E-state index in [0.717, 1.165) is 50.8 Å². The number of nitrogens with one attached hydrogen (secondary N) is 2. The van der Waals surface area contributed by atoms with Gasteiger partial charge in [-0.3, -0.25) is 9.59 Å². The molecule has 0 amide bonds. The van der Waals surface area contributed by atoms with Gasteiger partial charge in [-0.2, -0.15) is 0 Å². The molecule has 7 nitrogen and oxygen atoms in total. The van der Waals surface area contributed by atoms with Crippen LogP contribution in [0.3, 0.4) is 0 Å². The van der Waals surface area contributed by atoms with Crippen LogP contribution in [0.4, 0.5) is 0 Å². The third-order valence-electron chi connectivity index (χ3n) is 6.36. The molecule has 0 aliphatic heterocycles. The van der Waals surface area contributed by atoms with E-state index >= 15 is 0 Å². The summed E-state index contributed by atoms with van der Waals surface area (Å²) in [4.78, 5) is 25.2. The van der Waals surface area contributed by atoms with E-state index in [0.29, 0.717) is 12.8 Å². The Balaban J connectivity index is 2.42. The van der Waals surface area contributed by atoms with Crippen molar-refractivity contribution in [3.05, 3.63) is 35.4 Å². The number of carbonyl (C=O) groups is 2. The Bertz CT molecular complexity index is 706. The lowest BCUT2D eigenvalue weighted by Gasteiger charge is -2.29. The number of hydrogen-bond acceptors (Lipinski definition) is 7. The second-order valence-electron chi connectivity index (χ2n) is 9.49. The van der Waals surface area contributed by atoms with E-state index < -0.39 is 11.6 Å². The normalized spacial score (nSPS) is 14.9. The summed E-state index contributed by atoms with van der Waals surface area (Å²) < 4.78 is 5.44. The summed E-state index contributed by atoms with van der Waals surface area (Å²) in [6, 6.07) is 7.74. The predicted octanol–water partition coefficient (Wildman–Crippen LogP) is 3.61. The highest BCUT2D eigenvalue weighted by Gasteiger charge is 2.33. The first-order chi connectivity index (χ1) is 16.2. The Labute approximate surface area is 206 Å². The first kappa shape index (κ1) is 30.2. The smallest absolute Gasteiger partial charge is 0.306 e. The van der Waals surface area contributed by atoms with Crippen LogP contribution < -0.4 is 16.4 Å². The predicted molar refractivity (Wildman–Crippen MR) is 137 cm³/mol. The quantitative estimate of drug-likeness (QED) is 0.178. The minimum Gasteiger partial charge on any atom is -0.461 e. The van der Waals surface area contributed by atoms with Gasteiger partial charge in [0.1, 0.15) is 6.61 Å². The number of rotatable bonds is 19. The summed E-state index contributed by atoms with van der Waals surface area (Å²) in [5.41, 5.74) is 7.38. The largest absolute Gasteiger partial charge is 0.461 e. The summed E-state index contributed by atoms with van der Waals surface area (Å²) >= 11 is 0. The number of esters is 1. The van der Waals surface area contributed by atoms with Crippen LogP contribution in [0.1, 0.15) is 90.2 Å². The van der Waals surface area contributed by atoms with Crippen molar-refractivity contribution < 1.29 is 19.4 Å². The molecule has 2 unspecified atom stereocenters. The highest BCUT2D eigenvalue weighted by atomic mass is 16.5. The average molecular weight is 478 g/mol. The molecule has 34 heavy (non-hydrogen) atoms. The van der Waals surface area contributed by atoms with Gasteiger partial charge in [-0.25, -0.2) is 0 Å². The Kier molecular flexibility index (Phi) is 14.9. The van der Waals surface area contributed by atoms with Gasteiger partial charge >= 0.3 is 5.97 Å². The van der Waals surface area contributed by atoms with Crippen LogP contribution in [0.15, 0.2) is 24.3 Å². The molecule has 0 fully saturated rings. The number of aliphatic hydroxyl groups excluding tert-OH is 1. The number of benzene rings is 1. The van der Waals surface area contributed by atoms with Crippen molar-refractivity contribution in [2.75, 3.05) is 13.2 Å². The second kappa shape index (κ2) is 16.8. The van der Waals surface area contributed by atoms with Crippen LogP contribution in [0.5, 0.6) is 0 Å². The average Bonchev–Trinajstić information content (AvgIpc) is 2.84. The maximum atomic E-state index is 12.9. The molecule has 1 aromatic rings. The zero-order chi connectivity index (χ0) is 25.4. The zero-order valence-corrected chi connectivity index (χ0v) is 21.7. The van der Waals surface area contributed by atoms with Crippen LogP contribution in [-0.4, -0.2) is 47.6 Å². The van der Waals surface area contributed by atoms with E-state index in [4.69, 9.17) is 15.6 Å². The van der Waals surface area contributed by atoms with Gasteiger partial charge < -0.3 is 26.2 Å². The summed E-state index contributed by atoms with van der Waals surface area (Å²) in [6.07, 6.45) is 6.16. The molecule has 0 aliphatic carbocycles. The lowest BCUT2D eigenvalue weighted by atomic mass is 9.87. The number of ketones is 1. The van der Waals surface area contributed by atoms with Gasteiger partial charge in [-0.05, 0) is 63.6 Å². The molecule has 194 valence electrons. The number of ether oxygens (including phenoxy) is 1. The number of carbonyl (C=O) groups excluding carboxylic acids is 2. The number of nitrogens with two attached hydrogens (primary N) is 1. The fraction of sp³-hybridized carbons (Fsp3) is 0.704. The van der Waals surface area contributed by atoms with Crippen molar-refractivity contribution in [1.82, 2.24) is 10.6 Å². The van der Waals surface area contributed by atoms with Crippen LogP contribution in [0.2, 0.25) is 0 Å². The van der Waals surface area contributed by atoms with Gasteiger partial charge in [0.15, 0.2) is 5.78 Å². The van der Waals surface area contributed by atoms with Crippen molar-refractivity contribution in [3.63, 3.8) is 0 Å². The molecule has 0 heterocycles. The number of unbranched alkanes of at least 4 members (excludes halogenated alkanes) is 3. The highest BCUT2D eigenvalue weighted by Crippen LogP contribution is 2.15. The minimum atomic E-state index is -0.911. The third kappa shape index (κ3) is 12.1. The maximum Gasteiger partial charge on any atom is 0.306 e. The number of Topliss-reactive ketones (excluding diaryl/α,β-unsaturated/α-hetero) is 1. The zero-order valence-electron chi connectivity index (χ0n) is 21.7. The first-order valence-electron chi connectivity index (χ1n) is 12.9. The van der Waals surface area contributed by atoms with Gasteiger partial charge in [0, 0.05) is 25.6 Å². The molecule has 0 aliphatic rings. The van der Waals surface area contributed by atoms with Crippen molar-refractivity contribution in [1.29, 1.82) is 0 Å². The molecule has 7 heteroatoms. The monoisotopic (exact) mass is 477 g/mol. The standard InChI is InChI=1S/C27H47N3O4/c1-5-21(3)30-24(26(33)27(4,28)6-2)15-16-25(32)34-20-23-13-11-22(12-14-23)19-29-17-9-7-8-10-18-31/h11-14,21,24,29-31H,5-10,15-20,28H2,1-4H3/t21?,24-,27?/m0/s1.